The van der Waals surface area contributed by atoms with Gasteiger partial charge in [0.1, 0.15) is 11.5 Å². The Labute approximate surface area is 103 Å². The molecule has 0 aliphatic heterocycles. The highest BCUT2D eigenvalue weighted by Crippen LogP contribution is 2.36. The molecule has 0 fully saturated rings. The normalized spacial score (nSPS) is 10.8. The molecule has 0 atom stereocenters. The molecule has 2 rings (SSSR count). The molecule has 0 bridgehead atoms. The number of benzene rings is 1. The first-order chi connectivity index (χ1) is 7.65. The van der Waals surface area contributed by atoms with E-state index in [0.29, 0.717) is 32.6 Å². The number of rotatable bonds is 2. The van der Waals surface area contributed by atoms with Crippen molar-refractivity contribution in [3.05, 3.63) is 39.6 Å². The average molecular weight is 258 g/mol. The van der Waals surface area contributed by atoms with Crippen LogP contribution in [0.1, 0.15) is 11.3 Å². The summed E-state index contributed by atoms with van der Waals surface area (Å²) in [6.07, 6.45) is 0. The Morgan fingerprint density at radius 3 is 2.50 bits per heavy atom. The third kappa shape index (κ3) is 1.82. The fourth-order valence-corrected chi connectivity index (χ4v) is 2.07. The Morgan fingerprint density at radius 2 is 1.94 bits per heavy atom. The molecule has 0 aliphatic carbocycles. The Hall–Kier alpha value is -1.03. The predicted octanol–water partition coefficient (Wildman–Crippen LogP) is 3.45. The smallest absolute Gasteiger partial charge is 0.139 e. The average Bonchev–Trinajstić information content (AvgIpc) is 2.59. The Bertz CT molecular complexity index is 502. The van der Waals surface area contributed by atoms with E-state index in [-0.39, 0.29) is 6.61 Å². The van der Waals surface area contributed by atoms with Crippen LogP contribution in [-0.2, 0) is 6.61 Å². The first-order valence-electron chi connectivity index (χ1n) is 4.65. The molecule has 0 radical (unpaired) electrons. The molecule has 3 nitrogen and oxygen atoms in total. The van der Waals surface area contributed by atoms with Crippen LogP contribution in [-0.4, -0.2) is 10.3 Å². The van der Waals surface area contributed by atoms with Crippen LogP contribution >= 0.6 is 23.2 Å². The summed E-state index contributed by atoms with van der Waals surface area (Å²) in [6.45, 7) is 1.57. The van der Waals surface area contributed by atoms with Gasteiger partial charge in [-0.1, -0.05) is 34.4 Å². The second kappa shape index (κ2) is 4.45. The summed E-state index contributed by atoms with van der Waals surface area (Å²) in [4.78, 5) is 0. The fourth-order valence-electron chi connectivity index (χ4n) is 1.50. The SMILES string of the molecule is Cc1onc(-c2c(Cl)cccc2Cl)c1CO. The number of aliphatic hydroxyl groups is 1. The van der Waals surface area contributed by atoms with Crippen molar-refractivity contribution in [2.75, 3.05) is 0 Å². The summed E-state index contributed by atoms with van der Waals surface area (Å²) in [5.74, 6) is 0.563. The standard InChI is InChI=1S/C11H9Cl2NO2/c1-6-7(5-15)11(14-16-6)10-8(12)3-2-4-9(10)13/h2-4,15H,5H2,1H3. The zero-order valence-electron chi connectivity index (χ0n) is 8.50. The van der Waals surface area contributed by atoms with Crippen LogP contribution in [0.5, 0.6) is 0 Å². The number of hydrogen-bond acceptors (Lipinski definition) is 3. The van der Waals surface area contributed by atoms with Gasteiger partial charge in [0.2, 0.25) is 0 Å². The van der Waals surface area contributed by atoms with Gasteiger partial charge in [-0.05, 0) is 19.1 Å². The maximum Gasteiger partial charge on any atom is 0.139 e. The van der Waals surface area contributed by atoms with Crippen LogP contribution in [0.3, 0.4) is 0 Å². The van der Waals surface area contributed by atoms with Crippen LogP contribution in [0.25, 0.3) is 11.3 Å². The quantitative estimate of drug-likeness (QED) is 0.897. The molecule has 0 amide bonds. The highest BCUT2D eigenvalue weighted by molar-refractivity contribution is 6.39. The van der Waals surface area contributed by atoms with Gasteiger partial charge in [-0.25, -0.2) is 0 Å². The van der Waals surface area contributed by atoms with E-state index in [1.54, 1.807) is 25.1 Å². The van der Waals surface area contributed by atoms with Crippen molar-refractivity contribution < 1.29 is 9.63 Å². The van der Waals surface area contributed by atoms with E-state index in [4.69, 9.17) is 27.7 Å². The van der Waals surface area contributed by atoms with E-state index in [1.807, 2.05) is 0 Å². The van der Waals surface area contributed by atoms with Gasteiger partial charge in [-0.2, -0.15) is 0 Å². The first-order valence-corrected chi connectivity index (χ1v) is 5.41. The molecular formula is C11H9Cl2NO2. The van der Waals surface area contributed by atoms with Gasteiger partial charge in [0.15, 0.2) is 0 Å². The van der Waals surface area contributed by atoms with Crippen LogP contribution < -0.4 is 0 Å². The molecule has 84 valence electrons. The highest BCUT2D eigenvalue weighted by Gasteiger charge is 2.18. The fraction of sp³-hybridized carbons (Fsp3) is 0.182. The zero-order chi connectivity index (χ0) is 11.7. The zero-order valence-corrected chi connectivity index (χ0v) is 10.0. The van der Waals surface area contributed by atoms with Gasteiger partial charge < -0.3 is 9.63 Å². The minimum absolute atomic E-state index is 0.160. The van der Waals surface area contributed by atoms with Gasteiger partial charge in [-0.3, -0.25) is 0 Å². The van der Waals surface area contributed by atoms with Crippen LogP contribution in [0.4, 0.5) is 0 Å². The molecular weight excluding hydrogens is 249 g/mol. The van der Waals surface area contributed by atoms with Gasteiger partial charge in [0.05, 0.1) is 16.7 Å². The van der Waals surface area contributed by atoms with Crippen LogP contribution in [0, 0.1) is 6.92 Å². The van der Waals surface area contributed by atoms with Crippen LogP contribution in [0.15, 0.2) is 22.7 Å². The number of aromatic nitrogens is 1. The Morgan fingerprint density at radius 1 is 1.31 bits per heavy atom. The van der Waals surface area contributed by atoms with Gasteiger partial charge in [-0.15, -0.1) is 0 Å². The number of hydrogen-bond donors (Lipinski definition) is 1. The summed E-state index contributed by atoms with van der Waals surface area (Å²) >= 11 is 12.1. The topological polar surface area (TPSA) is 46.3 Å². The van der Waals surface area contributed by atoms with Gasteiger partial charge in [0, 0.05) is 11.1 Å². The molecule has 16 heavy (non-hydrogen) atoms. The summed E-state index contributed by atoms with van der Waals surface area (Å²) in [5, 5.41) is 14.1. The van der Waals surface area contributed by atoms with Crippen molar-refractivity contribution in [2.45, 2.75) is 13.5 Å². The third-order valence-corrected chi connectivity index (χ3v) is 2.97. The molecule has 1 N–H and O–H groups in total. The molecule has 1 heterocycles. The number of nitrogens with zero attached hydrogens (tertiary/aromatic N) is 1. The van der Waals surface area contributed by atoms with Gasteiger partial charge >= 0.3 is 0 Å². The molecule has 2 aromatic rings. The van der Waals surface area contributed by atoms with Crippen LogP contribution in [0.2, 0.25) is 10.0 Å². The third-order valence-electron chi connectivity index (χ3n) is 2.34. The minimum Gasteiger partial charge on any atom is -0.391 e. The first kappa shape index (κ1) is 11.5. The molecule has 5 heteroatoms. The lowest BCUT2D eigenvalue weighted by molar-refractivity contribution is 0.278. The molecule has 1 aromatic carbocycles. The maximum atomic E-state index is 9.25. The summed E-state index contributed by atoms with van der Waals surface area (Å²) < 4.78 is 5.02. The lowest BCUT2D eigenvalue weighted by atomic mass is 10.1. The monoisotopic (exact) mass is 257 g/mol. The lowest BCUT2D eigenvalue weighted by Crippen LogP contribution is -1.90. The van der Waals surface area contributed by atoms with Crippen molar-refractivity contribution in [1.29, 1.82) is 0 Å². The van der Waals surface area contributed by atoms with E-state index in [2.05, 4.69) is 5.16 Å². The summed E-state index contributed by atoms with van der Waals surface area (Å²) in [6, 6.07) is 5.18. The molecule has 0 spiro atoms. The highest BCUT2D eigenvalue weighted by atomic mass is 35.5. The van der Waals surface area contributed by atoms with Crippen molar-refractivity contribution in [3.8, 4) is 11.3 Å². The van der Waals surface area contributed by atoms with E-state index in [1.165, 1.54) is 0 Å². The lowest BCUT2D eigenvalue weighted by Gasteiger charge is -2.04. The maximum absolute atomic E-state index is 9.25. The van der Waals surface area contributed by atoms with E-state index in [9.17, 15) is 5.11 Å². The molecule has 1 aromatic heterocycles. The largest absolute Gasteiger partial charge is 0.391 e. The second-order valence-corrected chi connectivity index (χ2v) is 4.14. The van der Waals surface area contributed by atoms with Crippen molar-refractivity contribution in [1.82, 2.24) is 5.16 Å². The van der Waals surface area contributed by atoms with Crippen molar-refractivity contribution in [2.24, 2.45) is 0 Å². The van der Waals surface area contributed by atoms with E-state index >= 15 is 0 Å². The minimum atomic E-state index is -0.160. The second-order valence-electron chi connectivity index (χ2n) is 3.32. The van der Waals surface area contributed by atoms with Crippen molar-refractivity contribution >= 4 is 23.2 Å². The molecule has 0 unspecified atom stereocenters. The van der Waals surface area contributed by atoms with E-state index < -0.39 is 0 Å². The summed E-state index contributed by atoms with van der Waals surface area (Å²) in [7, 11) is 0. The molecule has 0 saturated heterocycles. The number of halogens is 2. The predicted molar refractivity (Wildman–Crippen MR) is 62.6 cm³/mol. The molecule has 0 aliphatic rings. The Balaban J connectivity index is 2.67. The Kier molecular flexibility index (Phi) is 3.19. The summed E-state index contributed by atoms with van der Waals surface area (Å²) in [5.41, 5.74) is 1.69. The van der Waals surface area contributed by atoms with Crippen molar-refractivity contribution in [3.63, 3.8) is 0 Å². The van der Waals surface area contributed by atoms with Gasteiger partial charge in [0.25, 0.3) is 0 Å². The molecule has 0 saturated carbocycles. The number of aryl methyl sites for hydroxylation is 1. The van der Waals surface area contributed by atoms with E-state index in [0.717, 1.165) is 0 Å². The number of aliphatic hydroxyl groups excluding tert-OH is 1.